The molecule has 0 amide bonds. The van der Waals surface area contributed by atoms with Crippen molar-refractivity contribution in [2.45, 2.75) is 45.6 Å². The highest BCUT2D eigenvalue weighted by Gasteiger charge is 2.21. The molecule has 1 saturated heterocycles. The summed E-state index contributed by atoms with van der Waals surface area (Å²) in [4.78, 5) is 2.64. The summed E-state index contributed by atoms with van der Waals surface area (Å²) in [6.07, 6.45) is 6.67. The summed E-state index contributed by atoms with van der Waals surface area (Å²) in [6, 6.07) is 7.02. The van der Waals surface area contributed by atoms with Crippen LogP contribution < -0.4 is 5.32 Å². The van der Waals surface area contributed by atoms with E-state index in [2.05, 4.69) is 35.3 Å². The van der Waals surface area contributed by atoms with Crippen LogP contribution in [0.3, 0.4) is 0 Å². The molecule has 0 aromatic heterocycles. The predicted molar refractivity (Wildman–Crippen MR) is 81.5 cm³/mol. The first-order valence-corrected chi connectivity index (χ1v) is 7.93. The topological polar surface area (TPSA) is 15.3 Å². The molecule has 0 bridgehead atoms. The molecule has 2 heteroatoms. The van der Waals surface area contributed by atoms with Crippen LogP contribution in [0.2, 0.25) is 0 Å². The highest BCUT2D eigenvalue weighted by Crippen LogP contribution is 2.26. The van der Waals surface area contributed by atoms with Gasteiger partial charge in [-0.3, -0.25) is 4.90 Å². The van der Waals surface area contributed by atoms with Crippen LogP contribution in [0.1, 0.15) is 43.7 Å². The summed E-state index contributed by atoms with van der Waals surface area (Å²) in [5.41, 5.74) is 4.38. The molecule has 1 atom stereocenters. The Kier molecular flexibility index (Phi) is 4.07. The lowest BCUT2D eigenvalue weighted by molar-refractivity contribution is 0.313. The lowest BCUT2D eigenvalue weighted by Crippen LogP contribution is -2.20. The van der Waals surface area contributed by atoms with Crippen molar-refractivity contribution < 1.29 is 0 Å². The number of benzene rings is 1. The van der Waals surface area contributed by atoms with E-state index in [0.29, 0.717) is 0 Å². The third-order valence-corrected chi connectivity index (χ3v) is 4.58. The third-order valence-electron chi connectivity index (χ3n) is 4.58. The maximum atomic E-state index is 3.49. The van der Waals surface area contributed by atoms with E-state index in [1.165, 1.54) is 62.0 Å². The summed E-state index contributed by atoms with van der Waals surface area (Å²) >= 11 is 0. The molecule has 0 saturated carbocycles. The zero-order valence-corrected chi connectivity index (χ0v) is 12.1. The first-order valence-electron chi connectivity index (χ1n) is 7.93. The average molecular weight is 258 g/mol. The minimum Gasteiger partial charge on any atom is -0.385 e. The maximum absolute atomic E-state index is 3.49. The van der Waals surface area contributed by atoms with Gasteiger partial charge in [-0.2, -0.15) is 0 Å². The van der Waals surface area contributed by atoms with Crippen LogP contribution in [0, 0.1) is 5.92 Å². The Morgan fingerprint density at radius 3 is 3.21 bits per heavy atom. The molecule has 1 aromatic carbocycles. The van der Waals surface area contributed by atoms with Crippen molar-refractivity contribution in [3.8, 4) is 0 Å². The van der Waals surface area contributed by atoms with Gasteiger partial charge in [0.15, 0.2) is 0 Å². The van der Waals surface area contributed by atoms with Gasteiger partial charge in [0, 0.05) is 25.3 Å². The zero-order chi connectivity index (χ0) is 13.1. The molecule has 0 aliphatic carbocycles. The van der Waals surface area contributed by atoms with E-state index >= 15 is 0 Å². The van der Waals surface area contributed by atoms with Crippen LogP contribution in [0.5, 0.6) is 0 Å². The zero-order valence-electron chi connectivity index (χ0n) is 12.1. The molecule has 104 valence electrons. The number of hydrogen-bond donors (Lipinski definition) is 1. The highest BCUT2D eigenvalue weighted by molar-refractivity contribution is 5.54. The number of anilines is 1. The van der Waals surface area contributed by atoms with Gasteiger partial charge in [0.1, 0.15) is 0 Å². The van der Waals surface area contributed by atoms with Crippen LogP contribution in [0.4, 0.5) is 5.69 Å². The number of rotatable bonds is 4. The van der Waals surface area contributed by atoms with Crippen molar-refractivity contribution >= 4 is 5.69 Å². The van der Waals surface area contributed by atoms with Gasteiger partial charge in [-0.15, -0.1) is 0 Å². The molecule has 1 unspecified atom stereocenters. The highest BCUT2D eigenvalue weighted by atomic mass is 15.1. The molecule has 1 aromatic rings. The normalized spacial score (nSPS) is 23.1. The lowest BCUT2D eigenvalue weighted by Gasteiger charge is -2.21. The van der Waals surface area contributed by atoms with Gasteiger partial charge in [0.05, 0.1) is 0 Å². The first-order chi connectivity index (χ1) is 9.35. The minimum absolute atomic E-state index is 0.948. The summed E-state index contributed by atoms with van der Waals surface area (Å²) in [5.74, 6) is 0.948. The molecule has 1 N–H and O–H groups in total. The fourth-order valence-electron chi connectivity index (χ4n) is 3.59. The molecule has 2 heterocycles. The molecule has 2 aliphatic rings. The van der Waals surface area contributed by atoms with Gasteiger partial charge in [0.2, 0.25) is 0 Å². The molecule has 0 radical (unpaired) electrons. The smallest absolute Gasteiger partial charge is 0.0372 e. The number of likely N-dealkylation sites (tertiary alicyclic amines) is 1. The van der Waals surface area contributed by atoms with Crippen LogP contribution in [0.15, 0.2) is 18.2 Å². The van der Waals surface area contributed by atoms with Gasteiger partial charge in [0.25, 0.3) is 0 Å². The molecule has 19 heavy (non-hydrogen) atoms. The van der Waals surface area contributed by atoms with E-state index in [9.17, 15) is 0 Å². The quantitative estimate of drug-likeness (QED) is 0.886. The van der Waals surface area contributed by atoms with Crippen LogP contribution in [0.25, 0.3) is 0 Å². The second-order valence-corrected chi connectivity index (χ2v) is 6.20. The summed E-state index contributed by atoms with van der Waals surface area (Å²) in [5, 5.41) is 3.49. The van der Waals surface area contributed by atoms with E-state index in [0.717, 1.165) is 19.0 Å². The van der Waals surface area contributed by atoms with E-state index in [4.69, 9.17) is 0 Å². The molecule has 1 fully saturated rings. The van der Waals surface area contributed by atoms with E-state index < -0.39 is 0 Å². The Morgan fingerprint density at radius 2 is 2.32 bits per heavy atom. The van der Waals surface area contributed by atoms with Crippen molar-refractivity contribution in [3.05, 3.63) is 29.3 Å². The van der Waals surface area contributed by atoms with Gasteiger partial charge in [-0.25, -0.2) is 0 Å². The standard InChI is InChI=1S/C17H26N2/c1-2-4-14-8-10-19(12-14)13-15-6-7-17-16(11-15)5-3-9-18-17/h6-7,11,14,18H,2-5,8-10,12-13H2,1H3. The van der Waals surface area contributed by atoms with Gasteiger partial charge >= 0.3 is 0 Å². The Morgan fingerprint density at radius 1 is 1.37 bits per heavy atom. The predicted octanol–water partition coefficient (Wildman–Crippen LogP) is 3.67. The number of nitrogens with zero attached hydrogens (tertiary/aromatic N) is 1. The van der Waals surface area contributed by atoms with Crippen molar-refractivity contribution in [1.82, 2.24) is 4.90 Å². The summed E-state index contributed by atoms with van der Waals surface area (Å²) in [6.45, 7) is 7.19. The fourth-order valence-corrected chi connectivity index (χ4v) is 3.59. The number of hydrogen-bond acceptors (Lipinski definition) is 2. The SMILES string of the molecule is CCCC1CCN(Cc2ccc3c(c2)CCCN3)C1. The molecule has 2 nitrogen and oxygen atoms in total. The van der Waals surface area contributed by atoms with Gasteiger partial charge < -0.3 is 5.32 Å². The summed E-state index contributed by atoms with van der Waals surface area (Å²) in [7, 11) is 0. The minimum atomic E-state index is 0.948. The van der Waals surface area contributed by atoms with Crippen LogP contribution in [-0.2, 0) is 13.0 Å². The Bertz CT molecular complexity index is 427. The largest absolute Gasteiger partial charge is 0.385 e. The van der Waals surface area contributed by atoms with E-state index in [1.807, 2.05) is 0 Å². The number of fused-ring (bicyclic) bond motifs is 1. The lowest BCUT2D eigenvalue weighted by atomic mass is 10.0. The van der Waals surface area contributed by atoms with E-state index in [1.54, 1.807) is 0 Å². The van der Waals surface area contributed by atoms with Crippen molar-refractivity contribution in [2.24, 2.45) is 5.92 Å². The van der Waals surface area contributed by atoms with Crippen molar-refractivity contribution in [1.29, 1.82) is 0 Å². The second kappa shape index (κ2) is 5.96. The second-order valence-electron chi connectivity index (χ2n) is 6.20. The maximum Gasteiger partial charge on any atom is 0.0372 e. The van der Waals surface area contributed by atoms with E-state index in [-0.39, 0.29) is 0 Å². The molecular weight excluding hydrogens is 232 g/mol. The fraction of sp³-hybridized carbons (Fsp3) is 0.647. The summed E-state index contributed by atoms with van der Waals surface area (Å²) < 4.78 is 0. The third kappa shape index (κ3) is 3.11. The molecule has 3 rings (SSSR count). The molecule has 0 spiro atoms. The number of nitrogens with one attached hydrogen (secondary N) is 1. The van der Waals surface area contributed by atoms with Gasteiger partial charge in [-0.1, -0.05) is 25.5 Å². The van der Waals surface area contributed by atoms with Gasteiger partial charge in [-0.05, 0) is 55.3 Å². The van der Waals surface area contributed by atoms with Crippen molar-refractivity contribution in [3.63, 3.8) is 0 Å². The molecule has 2 aliphatic heterocycles. The van der Waals surface area contributed by atoms with Crippen molar-refractivity contribution in [2.75, 3.05) is 25.0 Å². The average Bonchev–Trinajstić information content (AvgIpc) is 2.86. The Labute approximate surface area is 117 Å². The van der Waals surface area contributed by atoms with Crippen LogP contribution >= 0.6 is 0 Å². The number of aryl methyl sites for hydroxylation is 1. The Hall–Kier alpha value is -1.02. The molecular formula is C17H26N2. The van der Waals surface area contributed by atoms with Crippen LogP contribution in [-0.4, -0.2) is 24.5 Å². The Balaban J connectivity index is 1.61. The monoisotopic (exact) mass is 258 g/mol. The first kappa shape index (κ1) is 13.0.